The lowest BCUT2D eigenvalue weighted by atomic mass is 10.0. The molecule has 0 aliphatic carbocycles. The fraction of sp³-hybridized carbons (Fsp3) is 0.320. The van der Waals surface area contributed by atoms with Crippen molar-refractivity contribution in [2.75, 3.05) is 38.5 Å². The Kier molecular flexibility index (Phi) is 8.24. The van der Waals surface area contributed by atoms with E-state index in [1.165, 1.54) is 11.3 Å². The maximum Gasteiger partial charge on any atom is 0.261 e. The number of hydrogen-bond donors (Lipinski definition) is 2. The van der Waals surface area contributed by atoms with Crippen LogP contribution in [0.5, 0.6) is 0 Å². The first-order valence-electron chi connectivity index (χ1n) is 11.9. The third-order valence-corrected chi connectivity index (χ3v) is 6.68. The van der Waals surface area contributed by atoms with Crippen LogP contribution in [0.25, 0.3) is 15.9 Å². The highest BCUT2D eigenvalue weighted by molar-refractivity contribution is 7.20. The highest BCUT2D eigenvalue weighted by atomic mass is 32.1. The van der Waals surface area contributed by atoms with Crippen molar-refractivity contribution in [2.24, 2.45) is 5.16 Å². The predicted octanol–water partition coefficient (Wildman–Crippen LogP) is 3.32. The van der Waals surface area contributed by atoms with E-state index in [2.05, 4.69) is 44.3 Å². The van der Waals surface area contributed by atoms with E-state index >= 15 is 0 Å². The third kappa shape index (κ3) is 5.69. The summed E-state index contributed by atoms with van der Waals surface area (Å²) < 4.78 is 1.78. The van der Waals surface area contributed by atoms with E-state index in [0.29, 0.717) is 39.7 Å². The summed E-state index contributed by atoms with van der Waals surface area (Å²) in [6, 6.07) is 11.4. The van der Waals surface area contributed by atoms with E-state index < -0.39 is 0 Å². The quantitative estimate of drug-likeness (QED) is 0.182. The lowest BCUT2D eigenvalue weighted by molar-refractivity contribution is 0.0960. The molecule has 4 aromatic rings. The predicted molar refractivity (Wildman–Crippen MR) is 143 cm³/mol. The number of anilines is 1. The fourth-order valence-corrected chi connectivity index (χ4v) is 4.68. The van der Waals surface area contributed by atoms with Crippen molar-refractivity contribution in [2.45, 2.75) is 20.8 Å². The average molecular weight is 507 g/mol. The van der Waals surface area contributed by atoms with Gasteiger partial charge in [-0.1, -0.05) is 31.1 Å². The average Bonchev–Trinajstić information content (AvgIpc) is 3.57. The lowest BCUT2D eigenvalue weighted by Crippen LogP contribution is -2.26. The number of nitrogens with two attached hydrogens (primary N) is 1. The van der Waals surface area contributed by atoms with Crippen LogP contribution in [-0.2, 0) is 4.84 Å². The molecule has 36 heavy (non-hydrogen) atoms. The van der Waals surface area contributed by atoms with Gasteiger partial charge < -0.3 is 20.8 Å². The van der Waals surface area contributed by atoms with Gasteiger partial charge >= 0.3 is 0 Å². The Bertz CT molecular complexity index is 1330. The van der Waals surface area contributed by atoms with Crippen LogP contribution in [-0.4, -0.2) is 69.1 Å². The molecule has 0 radical (unpaired) electrons. The molecule has 0 fully saturated rings. The van der Waals surface area contributed by atoms with Crippen molar-refractivity contribution in [3.63, 3.8) is 0 Å². The van der Waals surface area contributed by atoms with Crippen molar-refractivity contribution in [1.29, 1.82) is 0 Å². The van der Waals surface area contributed by atoms with E-state index in [1.54, 1.807) is 16.9 Å². The lowest BCUT2D eigenvalue weighted by Gasteiger charge is -2.16. The molecule has 0 saturated heterocycles. The second-order valence-corrected chi connectivity index (χ2v) is 8.95. The number of carbonyl (C=O) groups excluding carboxylic acids is 1. The topological polar surface area (TPSA) is 124 Å². The van der Waals surface area contributed by atoms with Crippen LogP contribution in [0.2, 0.25) is 0 Å². The van der Waals surface area contributed by atoms with E-state index in [1.807, 2.05) is 43.5 Å². The van der Waals surface area contributed by atoms with Gasteiger partial charge in [0.2, 0.25) is 5.95 Å². The number of amides is 1. The number of thiophene rings is 1. The maximum absolute atomic E-state index is 12.5. The van der Waals surface area contributed by atoms with Crippen LogP contribution in [0, 0.1) is 0 Å². The summed E-state index contributed by atoms with van der Waals surface area (Å²) in [5.74, 6) is -0.0617. The molecular formula is C25H30N8O2S. The summed E-state index contributed by atoms with van der Waals surface area (Å²) in [6.07, 6.45) is 3.61. The second-order valence-electron chi connectivity index (χ2n) is 7.92. The van der Waals surface area contributed by atoms with E-state index in [9.17, 15) is 4.79 Å². The summed E-state index contributed by atoms with van der Waals surface area (Å²) in [5, 5.41) is 12.3. The van der Waals surface area contributed by atoms with E-state index in [0.717, 1.165) is 30.9 Å². The SMILES string of the molecule is CCNC(=O)c1cc2c(C(=NOCCN(CC)CC)c3ccc(-n4cccn4)cc3)nc(N)nc2s1. The Balaban J connectivity index is 1.75. The molecule has 10 nitrogen and oxygen atoms in total. The number of likely N-dealkylation sites (N-methyl/N-ethyl adjacent to an activating group) is 1. The van der Waals surface area contributed by atoms with Crippen molar-refractivity contribution in [1.82, 2.24) is 30.0 Å². The van der Waals surface area contributed by atoms with Crippen LogP contribution in [0.4, 0.5) is 5.95 Å². The molecule has 0 aliphatic heterocycles. The first-order chi connectivity index (χ1) is 17.5. The van der Waals surface area contributed by atoms with Crippen molar-refractivity contribution in [3.05, 3.63) is 64.9 Å². The Morgan fingerprint density at radius 3 is 2.64 bits per heavy atom. The summed E-state index contributed by atoms with van der Waals surface area (Å²) >= 11 is 1.27. The van der Waals surface area contributed by atoms with Gasteiger partial charge in [-0.15, -0.1) is 11.3 Å². The number of hydrogen-bond acceptors (Lipinski definition) is 9. The standard InChI is InChI=1S/C25H30N8O2S/c1-4-27-23(34)20-16-19-22(29-25(26)30-24(19)36-20)21(31-35-15-14-32(5-2)6-3)17-8-10-18(11-9-17)33-13-7-12-28-33/h7-13,16H,4-6,14-15H2,1-3H3,(H,27,34)(H2,26,29,30). The van der Waals surface area contributed by atoms with Gasteiger partial charge in [0, 0.05) is 36.4 Å². The van der Waals surface area contributed by atoms with Crippen LogP contribution in [0.3, 0.4) is 0 Å². The Morgan fingerprint density at radius 1 is 1.19 bits per heavy atom. The molecule has 4 rings (SSSR count). The molecule has 0 unspecified atom stereocenters. The minimum atomic E-state index is -0.164. The molecule has 11 heteroatoms. The number of benzene rings is 1. The van der Waals surface area contributed by atoms with E-state index in [4.69, 9.17) is 10.6 Å². The number of carbonyl (C=O) groups is 1. The van der Waals surface area contributed by atoms with Gasteiger partial charge in [0.25, 0.3) is 5.91 Å². The molecule has 0 bridgehead atoms. The van der Waals surface area contributed by atoms with Crippen LogP contribution < -0.4 is 11.1 Å². The number of nitrogens with zero attached hydrogens (tertiary/aromatic N) is 6. The van der Waals surface area contributed by atoms with E-state index in [-0.39, 0.29) is 11.9 Å². The number of fused-ring (bicyclic) bond motifs is 1. The zero-order valence-corrected chi connectivity index (χ0v) is 21.5. The zero-order valence-electron chi connectivity index (χ0n) is 20.6. The van der Waals surface area contributed by atoms with Crippen molar-refractivity contribution in [3.8, 4) is 5.69 Å². The normalized spacial score (nSPS) is 11.8. The summed E-state index contributed by atoms with van der Waals surface area (Å²) in [5.41, 5.74) is 8.80. The van der Waals surface area contributed by atoms with Gasteiger partial charge in [-0.25, -0.2) is 14.6 Å². The summed E-state index contributed by atoms with van der Waals surface area (Å²) in [6.45, 7) is 9.69. The number of oxime groups is 1. The van der Waals surface area contributed by atoms with Crippen molar-refractivity contribution >= 4 is 39.1 Å². The molecule has 188 valence electrons. The van der Waals surface area contributed by atoms with Gasteiger partial charge in [0.1, 0.15) is 22.8 Å². The van der Waals surface area contributed by atoms with Gasteiger partial charge in [-0.05, 0) is 44.3 Å². The number of aromatic nitrogens is 4. The van der Waals surface area contributed by atoms with Gasteiger partial charge in [-0.3, -0.25) is 4.79 Å². The highest BCUT2D eigenvalue weighted by Crippen LogP contribution is 2.29. The Labute approximate surface area is 213 Å². The monoisotopic (exact) mass is 506 g/mol. The first-order valence-corrected chi connectivity index (χ1v) is 12.7. The molecule has 1 aromatic carbocycles. The Hall–Kier alpha value is -3.83. The molecule has 0 spiro atoms. The molecule has 0 aliphatic rings. The zero-order chi connectivity index (χ0) is 25.5. The molecule has 1 amide bonds. The summed E-state index contributed by atoms with van der Waals surface area (Å²) in [4.78, 5) is 30.5. The minimum absolute atomic E-state index is 0.103. The molecule has 3 heterocycles. The smallest absolute Gasteiger partial charge is 0.261 e. The molecule has 3 N–H and O–H groups in total. The first kappa shape index (κ1) is 25.3. The minimum Gasteiger partial charge on any atom is -0.394 e. The number of nitrogens with one attached hydrogen (secondary N) is 1. The summed E-state index contributed by atoms with van der Waals surface area (Å²) in [7, 11) is 0. The van der Waals surface area contributed by atoms with Crippen molar-refractivity contribution < 1.29 is 9.63 Å². The molecular weight excluding hydrogens is 476 g/mol. The van der Waals surface area contributed by atoms with Gasteiger partial charge in [0.15, 0.2) is 0 Å². The molecule has 0 saturated carbocycles. The number of rotatable bonds is 11. The van der Waals surface area contributed by atoms with Gasteiger partial charge in [0.05, 0.1) is 10.6 Å². The van der Waals surface area contributed by atoms with Crippen LogP contribution in [0.1, 0.15) is 41.7 Å². The largest absolute Gasteiger partial charge is 0.394 e. The third-order valence-electron chi connectivity index (χ3n) is 5.65. The Morgan fingerprint density at radius 2 is 1.97 bits per heavy atom. The van der Waals surface area contributed by atoms with Crippen LogP contribution >= 0.6 is 11.3 Å². The molecule has 3 aromatic heterocycles. The highest BCUT2D eigenvalue weighted by Gasteiger charge is 2.20. The van der Waals surface area contributed by atoms with Crippen LogP contribution in [0.15, 0.2) is 53.9 Å². The second kappa shape index (κ2) is 11.7. The van der Waals surface area contributed by atoms with Gasteiger partial charge in [-0.2, -0.15) is 5.10 Å². The fourth-order valence-electron chi connectivity index (χ4n) is 3.72. The number of nitrogen functional groups attached to an aromatic ring is 1. The maximum atomic E-state index is 12.5. The molecule has 0 atom stereocenters.